The first-order valence-corrected chi connectivity index (χ1v) is 2.97. The Bertz CT molecular complexity index is 195. The molecule has 2 nitrogen and oxygen atoms in total. The molecule has 0 aromatic heterocycles. The minimum atomic E-state index is -0.560. The minimum absolute atomic E-state index is 0.106. The van der Waals surface area contributed by atoms with E-state index < -0.39 is 5.38 Å². The van der Waals surface area contributed by atoms with Crippen molar-refractivity contribution in [3.8, 4) is 0 Å². The Hall–Kier alpha value is -0.760. The van der Waals surface area contributed by atoms with Crippen molar-refractivity contribution in [1.29, 1.82) is 0 Å². The molecule has 0 radical (unpaired) electrons. The highest BCUT2D eigenvalue weighted by atomic mass is 35.5. The van der Waals surface area contributed by atoms with Crippen LogP contribution in [0.15, 0.2) is 23.9 Å². The van der Waals surface area contributed by atoms with Gasteiger partial charge in [0.25, 0.3) is 0 Å². The molecule has 0 bridgehead atoms. The molecule has 1 rings (SSSR count). The van der Waals surface area contributed by atoms with Crippen molar-refractivity contribution in [1.82, 2.24) is 0 Å². The summed E-state index contributed by atoms with van der Waals surface area (Å²) >= 11 is 5.50. The Labute approximate surface area is 58.0 Å². The second-order valence-electron chi connectivity index (χ2n) is 1.80. The molecule has 0 heterocycles. The Kier molecular flexibility index (Phi) is 1.58. The lowest BCUT2D eigenvalue weighted by Crippen LogP contribution is -2.14. The number of allylic oxidation sites excluding steroid dienone is 3. The van der Waals surface area contributed by atoms with Gasteiger partial charge in [-0.25, -0.2) is 0 Å². The molecule has 0 spiro atoms. The van der Waals surface area contributed by atoms with E-state index in [1.807, 2.05) is 0 Å². The van der Waals surface area contributed by atoms with E-state index in [9.17, 15) is 4.79 Å². The summed E-state index contributed by atoms with van der Waals surface area (Å²) in [6.45, 7) is 0. The zero-order valence-electron chi connectivity index (χ0n) is 4.67. The highest BCUT2D eigenvalue weighted by Gasteiger charge is 2.12. The first-order chi connectivity index (χ1) is 4.20. The van der Waals surface area contributed by atoms with Crippen molar-refractivity contribution in [2.75, 3.05) is 0 Å². The van der Waals surface area contributed by atoms with Gasteiger partial charge in [-0.15, -0.1) is 11.6 Å². The van der Waals surface area contributed by atoms with Crippen molar-refractivity contribution in [2.24, 2.45) is 5.73 Å². The molecule has 1 atom stereocenters. The number of hydrogen-bond acceptors (Lipinski definition) is 2. The van der Waals surface area contributed by atoms with Crippen molar-refractivity contribution in [2.45, 2.75) is 5.38 Å². The van der Waals surface area contributed by atoms with E-state index in [0.29, 0.717) is 5.70 Å². The molecule has 48 valence electrons. The SMILES string of the molecule is NC1=CC(Cl)C(=O)C=C1. The molecule has 9 heavy (non-hydrogen) atoms. The van der Waals surface area contributed by atoms with Crippen LogP contribution in [0.3, 0.4) is 0 Å². The normalized spacial score (nSPS) is 26.1. The molecule has 3 heteroatoms. The van der Waals surface area contributed by atoms with Crippen LogP contribution < -0.4 is 5.73 Å². The summed E-state index contributed by atoms with van der Waals surface area (Å²) < 4.78 is 0. The first kappa shape index (κ1) is 6.36. The van der Waals surface area contributed by atoms with Crippen LogP contribution in [0.1, 0.15) is 0 Å². The number of carbonyl (C=O) groups is 1. The Morgan fingerprint density at radius 2 is 2.22 bits per heavy atom. The van der Waals surface area contributed by atoms with E-state index in [2.05, 4.69) is 0 Å². The highest BCUT2D eigenvalue weighted by Crippen LogP contribution is 2.08. The molecule has 0 saturated heterocycles. The summed E-state index contributed by atoms with van der Waals surface area (Å²) in [5.74, 6) is -0.106. The predicted molar refractivity (Wildman–Crippen MR) is 36.1 cm³/mol. The maximum atomic E-state index is 10.6. The van der Waals surface area contributed by atoms with E-state index >= 15 is 0 Å². The van der Waals surface area contributed by atoms with Crippen LogP contribution in [-0.2, 0) is 4.79 Å². The van der Waals surface area contributed by atoms with Gasteiger partial charge >= 0.3 is 0 Å². The molecule has 2 N–H and O–H groups in total. The van der Waals surface area contributed by atoms with E-state index in [-0.39, 0.29) is 5.78 Å². The molecule has 0 amide bonds. The molecule has 0 aliphatic heterocycles. The highest BCUT2D eigenvalue weighted by molar-refractivity contribution is 6.34. The van der Waals surface area contributed by atoms with Crippen LogP contribution in [-0.4, -0.2) is 11.2 Å². The van der Waals surface area contributed by atoms with Gasteiger partial charge in [0.1, 0.15) is 5.38 Å². The third kappa shape index (κ3) is 1.33. The number of carbonyl (C=O) groups excluding carboxylic acids is 1. The van der Waals surface area contributed by atoms with E-state index in [1.54, 1.807) is 6.08 Å². The molecule has 0 aromatic carbocycles. The van der Waals surface area contributed by atoms with Gasteiger partial charge in [0.15, 0.2) is 5.78 Å². The first-order valence-electron chi connectivity index (χ1n) is 2.53. The predicted octanol–water partition coefficient (Wildman–Crippen LogP) is 0.575. The summed E-state index contributed by atoms with van der Waals surface area (Å²) in [6, 6.07) is 0. The van der Waals surface area contributed by atoms with Gasteiger partial charge in [0.2, 0.25) is 0 Å². The maximum Gasteiger partial charge on any atom is 0.177 e. The van der Waals surface area contributed by atoms with Crippen LogP contribution in [0.25, 0.3) is 0 Å². The third-order valence-corrected chi connectivity index (χ3v) is 1.39. The quantitative estimate of drug-likeness (QED) is 0.504. The number of alkyl halides is 1. The van der Waals surface area contributed by atoms with Crippen LogP contribution in [0, 0.1) is 0 Å². The maximum absolute atomic E-state index is 10.6. The number of nitrogens with two attached hydrogens (primary N) is 1. The minimum Gasteiger partial charge on any atom is -0.399 e. The van der Waals surface area contributed by atoms with Crippen molar-refractivity contribution in [3.05, 3.63) is 23.9 Å². The number of halogens is 1. The second-order valence-corrected chi connectivity index (χ2v) is 2.27. The van der Waals surface area contributed by atoms with Crippen LogP contribution in [0.5, 0.6) is 0 Å². The van der Waals surface area contributed by atoms with Gasteiger partial charge in [-0.05, 0) is 18.2 Å². The van der Waals surface area contributed by atoms with Crippen LogP contribution in [0.4, 0.5) is 0 Å². The van der Waals surface area contributed by atoms with E-state index in [1.165, 1.54) is 12.2 Å². The fourth-order valence-corrected chi connectivity index (χ4v) is 0.795. The zero-order valence-corrected chi connectivity index (χ0v) is 5.43. The summed E-state index contributed by atoms with van der Waals surface area (Å²) in [6.07, 6.45) is 4.44. The van der Waals surface area contributed by atoms with Crippen LogP contribution in [0.2, 0.25) is 0 Å². The number of hydrogen-bond donors (Lipinski definition) is 1. The van der Waals surface area contributed by atoms with Gasteiger partial charge in [0.05, 0.1) is 0 Å². The fourth-order valence-electron chi connectivity index (χ4n) is 0.577. The standard InChI is InChI=1S/C6H6ClNO/c7-5-3-4(8)1-2-6(5)9/h1-3,5H,8H2. The molecule has 1 aliphatic carbocycles. The summed E-state index contributed by atoms with van der Waals surface area (Å²) in [7, 11) is 0. The van der Waals surface area contributed by atoms with Crippen molar-refractivity contribution < 1.29 is 4.79 Å². The van der Waals surface area contributed by atoms with Gasteiger partial charge in [0, 0.05) is 5.70 Å². The van der Waals surface area contributed by atoms with Gasteiger partial charge in [-0.1, -0.05) is 0 Å². The molecular formula is C6H6ClNO. The zero-order chi connectivity index (χ0) is 6.85. The lowest BCUT2D eigenvalue weighted by atomic mass is 10.1. The Balaban J connectivity index is 2.82. The van der Waals surface area contributed by atoms with E-state index in [4.69, 9.17) is 17.3 Å². The Morgan fingerprint density at radius 3 is 2.67 bits per heavy atom. The van der Waals surface area contributed by atoms with Gasteiger partial charge in [-0.2, -0.15) is 0 Å². The topological polar surface area (TPSA) is 43.1 Å². The summed E-state index contributed by atoms with van der Waals surface area (Å²) in [4.78, 5) is 10.6. The molecular weight excluding hydrogens is 138 g/mol. The fraction of sp³-hybridized carbons (Fsp3) is 0.167. The average Bonchev–Trinajstić information content (AvgIpc) is 1.80. The Morgan fingerprint density at radius 1 is 1.56 bits per heavy atom. The monoisotopic (exact) mass is 143 g/mol. The molecule has 1 aliphatic rings. The van der Waals surface area contributed by atoms with Crippen LogP contribution >= 0.6 is 11.6 Å². The molecule has 0 fully saturated rings. The summed E-state index contributed by atoms with van der Waals surface area (Å²) in [5.41, 5.74) is 5.88. The van der Waals surface area contributed by atoms with E-state index in [0.717, 1.165) is 0 Å². The molecule has 0 aromatic rings. The second kappa shape index (κ2) is 2.23. The molecule has 1 unspecified atom stereocenters. The molecule has 0 saturated carbocycles. The third-order valence-electron chi connectivity index (χ3n) is 1.05. The summed E-state index contributed by atoms with van der Waals surface area (Å²) in [5, 5.41) is -0.560. The smallest absolute Gasteiger partial charge is 0.177 e. The van der Waals surface area contributed by atoms with Crippen molar-refractivity contribution in [3.63, 3.8) is 0 Å². The largest absolute Gasteiger partial charge is 0.399 e. The lowest BCUT2D eigenvalue weighted by molar-refractivity contribution is -0.113. The van der Waals surface area contributed by atoms with Gasteiger partial charge < -0.3 is 5.73 Å². The number of rotatable bonds is 0. The average molecular weight is 144 g/mol. The van der Waals surface area contributed by atoms with Gasteiger partial charge in [-0.3, -0.25) is 4.79 Å². The lowest BCUT2D eigenvalue weighted by Gasteiger charge is -2.04. The number of ketones is 1. The van der Waals surface area contributed by atoms with Crippen molar-refractivity contribution >= 4 is 17.4 Å².